The minimum Gasteiger partial charge on any atom is -0.373 e. The van der Waals surface area contributed by atoms with Crippen molar-refractivity contribution in [2.24, 2.45) is 4.99 Å². The average molecular weight is 552 g/mol. The molecule has 0 bridgehead atoms. The van der Waals surface area contributed by atoms with Crippen molar-refractivity contribution >= 4 is 29.9 Å². The van der Waals surface area contributed by atoms with Crippen LogP contribution in [0.25, 0.3) is 0 Å². The van der Waals surface area contributed by atoms with E-state index in [1.54, 1.807) is 7.05 Å². The first kappa shape index (κ1) is 24.6. The standard InChI is InChI=1S/C22H31F3N4O.HI/c1-26-20(27-12-19-13-29-10-3-7-18(29)14-30-19)28-15-21(8-4-9-21)16-5-2-6-17(11-16)22(23,24)25;/h2,5-6,11,18-19H,3-4,7-10,12-15H2,1H3,(H2,26,27,28);1H. The maximum atomic E-state index is 13.1. The number of morpholine rings is 1. The van der Waals surface area contributed by atoms with E-state index in [0.717, 1.165) is 50.6 Å². The van der Waals surface area contributed by atoms with E-state index in [1.165, 1.54) is 25.0 Å². The van der Waals surface area contributed by atoms with Crippen LogP contribution in [0, 0.1) is 0 Å². The third-order valence-electron chi connectivity index (χ3n) is 6.89. The predicted octanol–water partition coefficient (Wildman–Crippen LogP) is 3.77. The average Bonchev–Trinajstić information content (AvgIpc) is 3.17. The van der Waals surface area contributed by atoms with Gasteiger partial charge in [-0.1, -0.05) is 24.6 Å². The van der Waals surface area contributed by atoms with E-state index in [-0.39, 0.29) is 35.5 Å². The van der Waals surface area contributed by atoms with Crippen molar-refractivity contribution in [2.75, 3.05) is 39.8 Å². The number of fused-ring (bicyclic) bond motifs is 1. The van der Waals surface area contributed by atoms with E-state index in [0.29, 0.717) is 25.1 Å². The Balaban J connectivity index is 0.00000272. The van der Waals surface area contributed by atoms with Gasteiger partial charge in [0.1, 0.15) is 0 Å². The fourth-order valence-corrected chi connectivity index (χ4v) is 4.89. The van der Waals surface area contributed by atoms with Gasteiger partial charge in [-0.25, -0.2) is 0 Å². The highest BCUT2D eigenvalue weighted by Gasteiger charge is 2.40. The third-order valence-corrected chi connectivity index (χ3v) is 6.89. The first-order chi connectivity index (χ1) is 14.4. The summed E-state index contributed by atoms with van der Waals surface area (Å²) in [7, 11) is 1.71. The minimum atomic E-state index is -4.32. The van der Waals surface area contributed by atoms with Crippen molar-refractivity contribution in [3.8, 4) is 0 Å². The van der Waals surface area contributed by atoms with Crippen molar-refractivity contribution in [1.29, 1.82) is 0 Å². The van der Waals surface area contributed by atoms with Crippen LogP contribution in [0.2, 0.25) is 0 Å². The van der Waals surface area contributed by atoms with Crippen LogP contribution >= 0.6 is 24.0 Å². The van der Waals surface area contributed by atoms with Crippen molar-refractivity contribution in [1.82, 2.24) is 15.5 Å². The molecule has 2 saturated heterocycles. The molecular formula is C22H32F3IN4O. The number of rotatable bonds is 5. The summed E-state index contributed by atoms with van der Waals surface area (Å²) in [4.78, 5) is 6.80. The molecule has 1 aromatic rings. The molecular weight excluding hydrogens is 520 g/mol. The maximum Gasteiger partial charge on any atom is 0.416 e. The molecule has 31 heavy (non-hydrogen) atoms. The number of halogens is 4. The smallest absolute Gasteiger partial charge is 0.373 e. The Morgan fingerprint density at radius 2 is 2.06 bits per heavy atom. The van der Waals surface area contributed by atoms with Gasteiger partial charge < -0.3 is 15.4 Å². The fraction of sp³-hybridized carbons (Fsp3) is 0.682. The Bertz CT molecular complexity index is 769. The Morgan fingerprint density at radius 1 is 1.26 bits per heavy atom. The van der Waals surface area contributed by atoms with Crippen molar-refractivity contribution in [3.63, 3.8) is 0 Å². The number of alkyl halides is 3. The minimum absolute atomic E-state index is 0. The van der Waals surface area contributed by atoms with Crippen LogP contribution in [0.4, 0.5) is 13.2 Å². The summed E-state index contributed by atoms with van der Waals surface area (Å²) in [6.07, 6.45) is 1.05. The maximum absolute atomic E-state index is 13.1. The lowest BCUT2D eigenvalue weighted by molar-refractivity contribution is -0.137. The molecule has 2 atom stereocenters. The molecule has 9 heteroatoms. The Morgan fingerprint density at radius 3 is 2.74 bits per heavy atom. The molecule has 0 radical (unpaired) electrons. The molecule has 4 rings (SSSR count). The van der Waals surface area contributed by atoms with Crippen molar-refractivity contribution in [2.45, 2.75) is 55.8 Å². The van der Waals surface area contributed by atoms with Gasteiger partial charge in [-0.15, -0.1) is 24.0 Å². The van der Waals surface area contributed by atoms with Crippen molar-refractivity contribution in [3.05, 3.63) is 35.4 Å². The van der Waals surface area contributed by atoms with Crippen molar-refractivity contribution < 1.29 is 17.9 Å². The first-order valence-electron chi connectivity index (χ1n) is 10.9. The van der Waals surface area contributed by atoms with Crippen LogP contribution < -0.4 is 10.6 Å². The zero-order chi connectivity index (χ0) is 21.2. The van der Waals surface area contributed by atoms with Gasteiger partial charge in [-0.2, -0.15) is 13.2 Å². The normalized spacial score (nSPS) is 25.9. The van der Waals surface area contributed by atoms with Gasteiger partial charge in [0.2, 0.25) is 0 Å². The number of ether oxygens (including phenoxy) is 1. The monoisotopic (exact) mass is 552 g/mol. The molecule has 5 nitrogen and oxygen atoms in total. The van der Waals surface area contributed by atoms with Crippen LogP contribution in [0.5, 0.6) is 0 Å². The topological polar surface area (TPSA) is 48.9 Å². The van der Waals surface area contributed by atoms with E-state index >= 15 is 0 Å². The van der Waals surface area contributed by atoms with Gasteiger partial charge in [0.05, 0.1) is 18.3 Å². The summed E-state index contributed by atoms with van der Waals surface area (Å²) in [5.41, 5.74) is -0.103. The quantitative estimate of drug-likeness (QED) is 0.332. The van der Waals surface area contributed by atoms with Gasteiger partial charge in [0.15, 0.2) is 5.96 Å². The molecule has 174 valence electrons. The lowest BCUT2D eigenvalue weighted by Gasteiger charge is -2.43. The number of hydrogen-bond donors (Lipinski definition) is 2. The molecule has 0 aromatic heterocycles. The highest BCUT2D eigenvalue weighted by Crippen LogP contribution is 2.44. The lowest BCUT2D eigenvalue weighted by Crippen LogP contribution is -2.53. The zero-order valence-electron chi connectivity index (χ0n) is 17.9. The van der Waals surface area contributed by atoms with E-state index < -0.39 is 11.7 Å². The summed E-state index contributed by atoms with van der Waals surface area (Å²) >= 11 is 0. The molecule has 2 N–H and O–H groups in total. The number of nitrogens with one attached hydrogen (secondary N) is 2. The molecule has 1 aliphatic carbocycles. The predicted molar refractivity (Wildman–Crippen MR) is 126 cm³/mol. The molecule has 0 spiro atoms. The van der Waals surface area contributed by atoms with Crippen LogP contribution in [0.15, 0.2) is 29.3 Å². The SMILES string of the molecule is CN=C(NCC1CN2CCCC2CO1)NCC1(c2cccc(C(F)(F)F)c2)CCC1.I. The Kier molecular flexibility index (Phi) is 8.12. The van der Waals surface area contributed by atoms with Gasteiger partial charge in [0.25, 0.3) is 0 Å². The summed E-state index contributed by atoms with van der Waals surface area (Å²) in [5.74, 6) is 0.667. The Hall–Kier alpha value is -1.07. The molecule has 1 saturated carbocycles. The second kappa shape index (κ2) is 10.2. The molecule has 2 unspecified atom stereocenters. The van der Waals surface area contributed by atoms with Crippen LogP contribution in [-0.2, 0) is 16.3 Å². The zero-order valence-corrected chi connectivity index (χ0v) is 20.2. The van der Waals surface area contributed by atoms with Crippen LogP contribution in [0.3, 0.4) is 0 Å². The number of nitrogens with zero attached hydrogens (tertiary/aromatic N) is 2. The molecule has 2 heterocycles. The second-order valence-corrected chi connectivity index (χ2v) is 8.77. The lowest BCUT2D eigenvalue weighted by atomic mass is 9.64. The third kappa shape index (κ3) is 5.65. The molecule has 2 aliphatic heterocycles. The summed E-state index contributed by atoms with van der Waals surface area (Å²) < 4.78 is 45.4. The van der Waals surface area contributed by atoms with Gasteiger partial charge in [-0.3, -0.25) is 9.89 Å². The van der Waals surface area contributed by atoms with Gasteiger partial charge >= 0.3 is 6.18 Å². The van der Waals surface area contributed by atoms with Crippen LogP contribution in [-0.4, -0.2) is 62.8 Å². The van der Waals surface area contributed by atoms with E-state index in [4.69, 9.17) is 4.74 Å². The Labute approximate surface area is 199 Å². The fourth-order valence-electron chi connectivity index (χ4n) is 4.89. The first-order valence-corrected chi connectivity index (χ1v) is 10.9. The van der Waals surface area contributed by atoms with Gasteiger partial charge in [-0.05, 0) is 43.9 Å². The second-order valence-electron chi connectivity index (χ2n) is 8.77. The van der Waals surface area contributed by atoms with Gasteiger partial charge in [0, 0.05) is 38.1 Å². The van der Waals surface area contributed by atoms with E-state index in [9.17, 15) is 13.2 Å². The molecule has 0 amide bonds. The summed E-state index contributed by atoms with van der Waals surface area (Å²) in [6.45, 7) is 4.10. The molecule has 1 aromatic carbocycles. The number of hydrogen-bond acceptors (Lipinski definition) is 3. The highest BCUT2D eigenvalue weighted by atomic mass is 127. The number of guanidine groups is 1. The number of benzene rings is 1. The van der Waals surface area contributed by atoms with E-state index in [2.05, 4.69) is 20.5 Å². The largest absolute Gasteiger partial charge is 0.416 e. The van der Waals surface area contributed by atoms with E-state index in [1.807, 2.05) is 6.07 Å². The molecule has 3 aliphatic rings. The van der Waals surface area contributed by atoms with Crippen LogP contribution in [0.1, 0.15) is 43.2 Å². The highest BCUT2D eigenvalue weighted by molar-refractivity contribution is 14.0. The summed E-state index contributed by atoms with van der Waals surface area (Å²) in [6, 6.07) is 6.34. The number of aliphatic imine (C=N–C) groups is 1. The molecule has 3 fully saturated rings. The summed E-state index contributed by atoms with van der Waals surface area (Å²) in [5, 5.41) is 6.68.